The number of unbranched alkanes of at least 4 members (excludes halogenated alkanes) is 1. The highest BCUT2D eigenvalue weighted by molar-refractivity contribution is 6.31. The van der Waals surface area contributed by atoms with Gasteiger partial charge in [0.1, 0.15) is 5.82 Å². The van der Waals surface area contributed by atoms with Crippen molar-refractivity contribution >= 4 is 34.2 Å². The van der Waals surface area contributed by atoms with Gasteiger partial charge in [-0.1, -0.05) is 11.6 Å². The molecule has 0 aliphatic carbocycles. The summed E-state index contributed by atoms with van der Waals surface area (Å²) in [6.45, 7) is 3.98. The van der Waals surface area contributed by atoms with Gasteiger partial charge in [0.15, 0.2) is 0 Å². The van der Waals surface area contributed by atoms with Gasteiger partial charge in [-0.3, -0.25) is 0 Å². The molecule has 0 N–H and O–H groups in total. The molecule has 0 fully saturated rings. The number of nitrogens with zero attached hydrogens (tertiary/aromatic N) is 3. The molecule has 1 aromatic heterocycles. The molecule has 0 saturated carbocycles. The number of imidazole rings is 1. The van der Waals surface area contributed by atoms with Gasteiger partial charge in [-0.15, -0.1) is 11.6 Å². The molecule has 0 bridgehead atoms. The minimum absolute atomic E-state index is 0.102. The summed E-state index contributed by atoms with van der Waals surface area (Å²) in [5, 5.41) is 0.635. The van der Waals surface area contributed by atoms with Crippen LogP contribution in [0.25, 0.3) is 11.0 Å². The summed E-state index contributed by atoms with van der Waals surface area (Å²) in [4.78, 5) is 6.83. The summed E-state index contributed by atoms with van der Waals surface area (Å²) >= 11 is 12.4. The van der Waals surface area contributed by atoms with Crippen molar-refractivity contribution in [1.29, 1.82) is 0 Å². The standard InChI is InChI=1S/C15H21Cl2N3/c1-11(16)15-18-13-7-6-12(17)10-14(13)20(15)9-5-4-8-19(2)3/h6-7,10-11H,4-5,8-9H2,1-3H3. The van der Waals surface area contributed by atoms with Gasteiger partial charge in [0.2, 0.25) is 0 Å². The Kier molecular flexibility index (Phi) is 5.30. The molecule has 0 saturated heterocycles. The van der Waals surface area contributed by atoms with Gasteiger partial charge in [0.25, 0.3) is 0 Å². The van der Waals surface area contributed by atoms with Crippen molar-refractivity contribution < 1.29 is 0 Å². The van der Waals surface area contributed by atoms with E-state index in [0.29, 0.717) is 0 Å². The van der Waals surface area contributed by atoms with Crippen molar-refractivity contribution in [2.24, 2.45) is 0 Å². The second kappa shape index (κ2) is 6.79. The minimum atomic E-state index is -0.102. The third kappa shape index (κ3) is 3.66. The van der Waals surface area contributed by atoms with Crippen LogP contribution in [-0.4, -0.2) is 35.1 Å². The Morgan fingerprint density at radius 3 is 2.70 bits per heavy atom. The second-order valence-electron chi connectivity index (χ2n) is 5.38. The zero-order valence-electron chi connectivity index (χ0n) is 12.2. The van der Waals surface area contributed by atoms with Gasteiger partial charge in [0.05, 0.1) is 16.4 Å². The zero-order valence-corrected chi connectivity index (χ0v) is 13.7. The average molecular weight is 314 g/mol. The number of rotatable bonds is 6. The first kappa shape index (κ1) is 15.6. The van der Waals surface area contributed by atoms with Crippen LogP contribution in [0.1, 0.15) is 31.0 Å². The van der Waals surface area contributed by atoms with Gasteiger partial charge in [-0.2, -0.15) is 0 Å². The molecule has 1 atom stereocenters. The molecule has 1 unspecified atom stereocenters. The number of fused-ring (bicyclic) bond motifs is 1. The fourth-order valence-corrected chi connectivity index (χ4v) is 2.68. The molecule has 0 radical (unpaired) electrons. The lowest BCUT2D eigenvalue weighted by atomic mass is 10.2. The highest BCUT2D eigenvalue weighted by Gasteiger charge is 2.14. The molecule has 1 heterocycles. The quantitative estimate of drug-likeness (QED) is 0.584. The van der Waals surface area contributed by atoms with Crippen LogP contribution in [0.15, 0.2) is 18.2 Å². The zero-order chi connectivity index (χ0) is 14.7. The molecule has 0 amide bonds. The van der Waals surface area contributed by atoms with E-state index >= 15 is 0 Å². The first-order valence-corrected chi connectivity index (χ1v) is 7.75. The third-order valence-corrected chi connectivity index (χ3v) is 3.76. The number of benzene rings is 1. The van der Waals surface area contributed by atoms with E-state index in [4.69, 9.17) is 23.2 Å². The molecular weight excluding hydrogens is 293 g/mol. The first-order valence-electron chi connectivity index (χ1n) is 6.93. The van der Waals surface area contributed by atoms with Crippen molar-refractivity contribution in [2.45, 2.75) is 31.7 Å². The number of halogens is 2. The SMILES string of the molecule is CC(Cl)c1nc2ccc(Cl)cc2n1CCCCN(C)C. The van der Waals surface area contributed by atoms with E-state index in [-0.39, 0.29) is 5.38 Å². The van der Waals surface area contributed by atoms with Crippen molar-refractivity contribution in [3.05, 3.63) is 29.0 Å². The summed E-state index contributed by atoms with van der Waals surface area (Å²) in [6.07, 6.45) is 2.26. The first-order chi connectivity index (χ1) is 9.49. The van der Waals surface area contributed by atoms with E-state index in [2.05, 4.69) is 28.5 Å². The van der Waals surface area contributed by atoms with E-state index in [1.54, 1.807) is 0 Å². The Labute approximate surface area is 130 Å². The van der Waals surface area contributed by atoms with E-state index < -0.39 is 0 Å². The van der Waals surface area contributed by atoms with Crippen LogP contribution in [0.2, 0.25) is 5.02 Å². The molecule has 0 spiro atoms. The highest BCUT2D eigenvalue weighted by Crippen LogP contribution is 2.27. The van der Waals surface area contributed by atoms with E-state index in [1.165, 1.54) is 0 Å². The molecule has 110 valence electrons. The molecular formula is C15H21Cl2N3. The van der Waals surface area contributed by atoms with E-state index in [0.717, 1.165) is 47.8 Å². The Bertz CT molecular complexity index is 576. The topological polar surface area (TPSA) is 21.1 Å². The Hall–Kier alpha value is -0.770. The van der Waals surface area contributed by atoms with Crippen LogP contribution in [0.5, 0.6) is 0 Å². The largest absolute Gasteiger partial charge is 0.327 e. The maximum atomic E-state index is 6.26. The van der Waals surface area contributed by atoms with Crippen LogP contribution in [0.4, 0.5) is 0 Å². The van der Waals surface area contributed by atoms with Crippen molar-refractivity contribution in [3.8, 4) is 0 Å². The second-order valence-corrected chi connectivity index (χ2v) is 6.47. The summed E-state index contributed by atoms with van der Waals surface area (Å²) in [7, 11) is 4.19. The normalized spacial score (nSPS) is 13.3. The predicted molar refractivity (Wildman–Crippen MR) is 86.8 cm³/mol. The van der Waals surface area contributed by atoms with E-state index in [9.17, 15) is 0 Å². The summed E-state index contributed by atoms with van der Waals surface area (Å²) < 4.78 is 2.20. The van der Waals surface area contributed by atoms with Crippen LogP contribution in [-0.2, 0) is 6.54 Å². The molecule has 0 aliphatic rings. The molecule has 5 heteroatoms. The number of alkyl halides is 1. The van der Waals surface area contributed by atoms with Gasteiger partial charge >= 0.3 is 0 Å². The number of hydrogen-bond acceptors (Lipinski definition) is 2. The maximum absolute atomic E-state index is 6.26. The highest BCUT2D eigenvalue weighted by atomic mass is 35.5. The maximum Gasteiger partial charge on any atom is 0.127 e. The molecule has 0 aliphatic heterocycles. The smallest absolute Gasteiger partial charge is 0.127 e. The Balaban J connectivity index is 2.24. The molecule has 3 nitrogen and oxygen atoms in total. The number of hydrogen-bond donors (Lipinski definition) is 0. The van der Waals surface area contributed by atoms with Crippen LogP contribution in [0, 0.1) is 0 Å². The van der Waals surface area contributed by atoms with Crippen LogP contribution < -0.4 is 0 Å². The summed E-state index contributed by atoms with van der Waals surface area (Å²) in [6, 6.07) is 5.80. The fraction of sp³-hybridized carbons (Fsp3) is 0.533. The summed E-state index contributed by atoms with van der Waals surface area (Å²) in [5.74, 6) is 0.925. The molecule has 20 heavy (non-hydrogen) atoms. The van der Waals surface area contributed by atoms with Gasteiger partial charge in [0, 0.05) is 11.6 Å². The third-order valence-electron chi connectivity index (χ3n) is 3.33. The summed E-state index contributed by atoms with van der Waals surface area (Å²) in [5.41, 5.74) is 2.04. The van der Waals surface area contributed by atoms with Crippen molar-refractivity contribution in [3.63, 3.8) is 0 Å². The lowest BCUT2D eigenvalue weighted by Crippen LogP contribution is -2.14. The minimum Gasteiger partial charge on any atom is -0.327 e. The average Bonchev–Trinajstić information content (AvgIpc) is 2.73. The lowest BCUT2D eigenvalue weighted by Gasteiger charge is -2.12. The molecule has 2 aromatic rings. The van der Waals surface area contributed by atoms with Crippen molar-refractivity contribution in [1.82, 2.24) is 14.5 Å². The van der Waals surface area contributed by atoms with Gasteiger partial charge in [-0.05, 0) is 58.6 Å². The van der Waals surface area contributed by atoms with Gasteiger partial charge in [-0.25, -0.2) is 4.98 Å². The molecule has 2 rings (SSSR count). The predicted octanol–water partition coefficient (Wildman–Crippen LogP) is 4.33. The monoisotopic (exact) mass is 313 g/mol. The van der Waals surface area contributed by atoms with Crippen molar-refractivity contribution in [2.75, 3.05) is 20.6 Å². The Morgan fingerprint density at radius 2 is 2.05 bits per heavy atom. The van der Waals surface area contributed by atoms with E-state index in [1.807, 2.05) is 25.1 Å². The number of aromatic nitrogens is 2. The molecule has 1 aromatic carbocycles. The van der Waals surface area contributed by atoms with Crippen LogP contribution >= 0.6 is 23.2 Å². The van der Waals surface area contributed by atoms with Gasteiger partial charge < -0.3 is 9.47 Å². The Morgan fingerprint density at radius 1 is 1.30 bits per heavy atom. The number of aryl methyl sites for hydroxylation is 1. The fourth-order valence-electron chi connectivity index (χ4n) is 2.35. The van der Waals surface area contributed by atoms with Crippen LogP contribution in [0.3, 0.4) is 0 Å². The lowest BCUT2D eigenvalue weighted by molar-refractivity contribution is 0.387.